The lowest BCUT2D eigenvalue weighted by Gasteiger charge is -2.22. The summed E-state index contributed by atoms with van der Waals surface area (Å²) in [6.45, 7) is 1.92. The molecule has 1 nitrogen and oxygen atoms in total. The van der Waals surface area contributed by atoms with Gasteiger partial charge >= 0.3 is 0 Å². The van der Waals surface area contributed by atoms with Gasteiger partial charge in [-0.1, -0.05) is 24.3 Å². The predicted octanol–water partition coefficient (Wildman–Crippen LogP) is 2.14. The fourth-order valence-electron chi connectivity index (χ4n) is 2.67. The molecule has 3 atom stereocenters. The van der Waals surface area contributed by atoms with Crippen molar-refractivity contribution in [3.63, 3.8) is 0 Å². The minimum Gasteiger partial charge on any atom is -0.393 e. The van der Waals surface area contributed by atoms with E-state index in [9.17, 15) is 5.11 Å². The fourth-order valence-corrected chi connectivity index (χ4v) is 2.67. The Morgan fingerprint density at radius 3 is 2.08 bits per heavy atom. The molecule has 0 radical (unpaired) electrons. The predicted molar refractivity (Wildman–Crippen MR) is 49.7 cm³/mol. The monoisotopic (exact) mass is 164 g/mol. The lowest BCUT2D eigenvalue weighted by molar-refractivity contribution is 0.0979. The Balaban J connectivity index is 2.23. The van der Waals surface area contributed by atoms with Gasteiger partial charge in [-0.15, -0.1) is 0 Å². The zero-order chi connectivity index (χ0) is 8.55. The van der Waals surface area contributed by atoms with Crippen LogP contribution < -0.4 is 0 Å². The van der Waals surface area contributed by atoms with Gasteiger partial charge in [0.05, 0.1) is 6.10 Å². The van der Waals surface area contributed by atoms with Crippen molar-refractivity contribution in [2.24, 2.45) is 17.8 Å². The maximum absolute atomic E-state index is 9.62. The largest absolute Gasteiger partial charge is 0.393 e. The highest BCUT2D eigenvalue weighted by Crippen LogP contribution is 2.42. The number of aliphatic hydroxyl groups excluding tert-OH is 1. The van der Waals surface area contributed by atoms with Crippen molar-refractivity contribution in [1.29, 1.82) is 0 Å². The Morgan fingerprint density at radius 1 is 1.17 bits per heavy atom. The Kier molecular flexibility index (Phi) is 2.05. The highest BCUT2D eigenvalue weighted by atomic mass is 16.3. The first kappa shape index (κ1) is 8.06. The van der Waals surface area contributed by atoms with Gasteiger partial charge in [-0.25, -0.2) is 0 Å². The van der Waals surface area contributed by atoms with Gasteiger partial charge in [0.2, 0.25) is 0 Å². The van der Waals surface area contributed by atoms with Crippen molar-refractivity contribution in [3.05, 3.63) is 24.3 Å². The molecule has 2 aliphatic rings. The summed E-state index contributed by atoms with van der Waals surface area (Å²) in [4.78, 5) is 0. The zero-order valence-electron chi connectivity index (χ0n) is 7.48. The summed E-state index contributed by atoms with van der Waals surface area (Å²) < 4.78 is 0. The van der Waals surface area contributed by atoms with Crippen molar-refractivity contribution in [2.45, 2.75) is 25.9 Å². The molecule has 0 aromatic carbocycles. The second-order valence-electron chi connectivity index (χ2n) is 3.99. The van der Waals surface area contributed by atoms with Crippen molar-refractivity contribution in [1.82, 2.24) is 0 Å². The van der Waals surface area contributed by atoms with E-state index in [1.165, 1.54) is 12.8 Å². The summed E-state index contributed by atoms with van der Waals surface area (Å²) in [5.74, 6) is 1.70. The van der Waals surface area contributed by atoms with Crippen LogP contribution in [0.25, 0.3) is 0 Å². The molecular formula is C11H16O. The van der Waals surface area contributed by atoms with Crippen LogP contribution in [0.1, 0.15) is 19.8 Å². The van der Waals surface area contributed by atoms with Gasteiger partial charge in [0, 0.05) is 0 Å². The molecule has 0 aromatic heterocycles. The molecular weight excluding hydrogens is 148 g/mol. The molecule has 1 heteroatoms. The zero-order valence-corrected chi connectivity index (χ0v) is 7.48. The van der Waals surface area contributed by atoms with E-state index in [0.717, 1.165) is 0 Å². The van der Waals surface area contributed by atoms with E-state index in [4.69, 9.17) is 0 Å². The van der Waals surface area contributed by atoms with Crippen molar-refractivity contribution in [3.8, 4) is 0 Å². The number of hydrogen-bond acceptors (Lipinski definition) is 1. The molecule has 0 aromatic rings. The molecule has 0 aliphatic heterocycles. The third kappa shape index (κ3) is 1.22. The third-order valence-corrected chi connectivity index (χ3v) is 3.21. The van der Waals surface area contributed by atoms with Crippen LogP contribution in [0, 0.1) is 17.8 Å². The smallest absolute Gasteiger partial charge is 0.0551 e. The SMILES string of the molecule is CC(O)C1C2C=CC=CC1CC2. The van der Waals surface area contributed by atoms with Crippen LogP contribution in [-0.4, -0.2) is 11.2 Å². The number of rotatable bonds is 1. The summed E-state index contributed by atoms with van der Waals surface area (Å²) in [5.41, 5.74) is 0. The van der Waals surface area contributed by atoms with Crippen LogP contribution in [-0.2, 0) is 0 Å². The lowest BCUT2D eigenvalue weighted by atomic mass is 9.86. The molecule has 0 spiro atoms. The lowest BCUT2D eigenvalue weighted by Crippen LogP contribution is -2.24. The molecule has 2 aliphatic carbocycles. The second kappa shape index (κ2) is 3.06. The van der Waals surface area contributed by atoms with E-state index in [2.05, 4.69) is 24.3 Å². The molecule has 0 saturated heterocycles. The molecule has 2 rings (SSSR count). The second-order valence-corrected chi connectivity index (χ2v) is 3.99. The van der Waals surface area contributed by atoms with Gasteiger partial charge in [0.1, 0.15) is 0 Å². The molecule has 1 N–H and O–H groups in total. The van der Waals surface area contributed by atoms with Gasteiger partial charge in [-0.3, -0.25) is 0 Å². The molecule has 3 unspecified atom stereocenters. The van der Waals surface area contributed by atoms with Crippen molar-refractivity contribution >= 4 is 0 Å². The minimum atomic E-state index is -0.158. The summed E-state index contributed by atoms with van der Waals surface area (Å²) in [6.07, 6.45) is 11.1. The van der Waals surface area contributed by atoms with Gasteiger partial charge < -0.3 is 5.11 Å². The van der Waals surface area contributed by atoms with E-state index < -0.39 is 0 Å². The number of allylic oxidation sites excluding steroid dienone is 4. The quantitative estimate of drug-likeness (QED) is 0.629. The van der Waals surface area contributed by atoms with Crippen LogP contribution in [0.3, 0.4) is 0 Å². The van der Waals surface area contributed by atoms with Crippen LogP contribution in [0.2, 0.25) is 0 Å². The maximum Gasteiger partial charge on any atom is 0.0551 e. The van der Waals surface area contributed by atoms with E-state index >= 15 is 0 Å². The van der Waals surface area contributed by atoms with Gasteiger partial charge in [0.15, 0.2) is 0 Å². The van der Waals surface area contributed by atoms with E-state index in [0.29, 0.717) is 17.8 Å². The first-order valence-corrected chi connectivity index (χ1v) is 4.82. The maximum atomic E-state index is 9.62. The molecule has 66 valence electrons. The summed E-state index contributed by atoms with van der Waals surface area (Å²) in [7, 11) is 0. The molecule has 1 saturated carbocycles. The first-order chi connectivity index (χ1) is 5.79. The highest BCUT2D eigenvalue weighted by molar-refractivity contribution is 5.15. The Labute approximate surface area is 73.8 Å². The average molecular weight is 164 g/mol. The minimum absolute atomic E-state index is 0.158. The van der Waals surface area contributed by atoms with E-state index in [1.807, 2.05) is 6.92 Å². The molecule has 0 heterocycles. The van der Waals surface area contributed by atoms with Gasteiger partial charge in [-0.2, -0.15) is 0 Å². The normalized spacial score (nSPS) is 41.3. The summed E-state index contributed by atoms with van der Waals surface area (Å²) in [5, 5.41) is 9.62. The first-order valence-electron chi connectivity index (χ1n) is 4.82. The highest BCUT2D eigenvalue weighted by Gasteiger charge is 2.36. The van der Waals surface area contributed by atoms with Crippen LogP contribution in [0.15, 0.2) is 24.3 Å². The van der Waals surface area contributed by atoms with Crippen LogP contribution in [0.4, 0.5) is 0 Å². The average Bonchev–Trinajstić information content (AvgIpc) is 2.24. The third-order valence-electron chi connectivity index (χ3n) is 3.21. The molecule has 2 bridgehead atoms. The fraction of sp³-hybridized carbons (Fsp3) is 0.636. The van der Waals surface area contributed by atoms with Gasteiger partial charge in [-0.05, 0) is 37.5 Å². The Hall–Kier alpha value is -0.560. The van der Waals surface area contributed by atoms with E-state index in [-0.39, 0.29) is 6.10 Å². The molecule has 0 amide bonds. The Bertz CT molecular complexity index is 195. The molecule has 1 fully saturated rings. The number of hydrogen-bond donors (Lipinski definition) is 1. The summed E-state index contributed by atoms with van der Waals surface area (Å²) >= 11 is 0. The summed E-state index contributed by atoms with van der Waals surface area (Å²) in [6, 6.07) is 0. The molecule has 12 heavy (non-hydrogen) atoms. The van der Waals surface area contributed by atoms with Gasteiger partial charge in [0.25, 0.3) is 0 Å². The topological polar surface area (TPSA) is 20.2 Å². The van der Waals surface area contributed by atoms with Crippen LogP contribution >= 0.6 is 0 Å². The number of aliphatic hydroxyl groups is 1. The Morgan fingerprint density at radius 2 is 1.67 bits per heavy atom. The standard InChI is InChI=1S/C11H16O/c1-8(12)11-9-4-2-3-5-10(11)7-6-9/h2-5,8-12H,6-7H2,1H3. The van der Waals surface area contributed by atoms with Crippen molar-refractivity contribution < 1.29 is 5.11 Å². The van der Waals surface area contributed by atoms with Crippen LogP contribution in [0.5, 0.6) is 0 Å². The van der Waals surface area contributed by atoms with Crippen molar-refractivity contribution in [2.75, 3.05) is 0 Å². The number of fused-ring (bicyclic) bond motifs is 2. The van der Waals surface area contributed by atoms with E-state index in [1.54, 1.807) is 0 Å².